The Morgan fingerprint density at radius 1 is 0.300 bits per heavy atom. The first-order valence-corrected chi connectivity index (χ1v) is 40.1. The number of aliphatic hydroxyl groups is 1. The zero-order valence-corrected chi connectivity index (χ0v) is 60.1. The minimum Gasteiger partial charge on any atom is -0.462 e. The van der Waals surface area contributed by atoms with Crippen molar-refractivity contribution in [3.8, 4) is 0 Å². The zero-order valence-electron chi connectivity index (χ0n) is 58.3. The minimum atomic E-state index is -4.95. The second-order valence-corrected chi connectivity index (χ2v) is 29.0. The molecule has 17 nitrogen and oxygen atoms in total. The average molecular weight is 1330 g/mol. The standard InChI is InChI=1S/C71H138O17P2/c1-6-9-12-15-18-21-31-36-40-45-50-55-69(74)82-61-67(88-71(76)57-52-47-42-37-33-30-28-26-24-23-25-27-29-32-34-38-43-48-53-64(4)5)63-86-90(79,80)84-59-65(72)58-83-89(77,78)85-62-66(60-81-68(73)54-49-44-39-20-17-14-11-8-3)87-70(75)56-51-46-41-35-22-19-16-13-10-7-2/h64-67,72H,6-63H2,1-5H3,(H,77,78)(H,79,80)/t65-,66+,67+/m0/s1. The Kier molecular flexibility index (Phi) is 63.0. The van der Waals surface area contributed by atoms with Gasteiger partial charge in [0.15, 0.2) is 12.2 Å². The third kappa shape index (κ3) is 64.8. The minimum absolute atomic E-state index is 0.107. The first-order valence-electron chi connectivity index (χ1n) is 37.1. The summed E-state index contributed by atoms with van der Waals surface area (Å²) in [4.78, 5) is 72.4. The molecular formula is C71H138O17P2. The van der Waals surface area contributed by atoms with E-state index in [1.807, 2.05) is 0 Å². The molecule has 0 saturated heterocycles. The zero-order chi connectivity index (χ0) is 66.3. The molecule has 5 atom stereocenters. The van der Waals surface area contributed by atoms with E-state index in [2.05, 4.69) is 34.6 Å². The van der Waals surface area contributed by atoms with Crippen LogP contribution in [-0.2, 0) is 65.4 Å². The van der Waals surface area contributed by atoms with Crippen LogP contribution in [0.5, 0.6) is 0 Å². The van der Waals surface area contributed by atoms with Crippen LogP contribution in [-0.4, -0.2) is 96.7 Å². The Hall–Kier alpha value is -1.94. The first-order chi connectivity index (χ1) is 43.5. The van der Waals surface area contributed by atoms with Crippen LogP contribution in [0.25, 0.3) is 0 Å². The van der Waals surface area contributed by atoms with Gasteiger partial charge in [-0.15, -0.1) is 0 Å². The molecule has 19 heteroatoms. The summed E-state index contributed by atoms with van der Waals surface area (Å²) in [6.07, 6.45) is 51.4. The van der Waals surface area contributed by atoms with Crippen LogP contribution in [0, 0.1) is 5.92 Å². The number of hydrogen-bond acceptors (Lipinski definition) is 15. The highest BCUT2D eigenvalue weighted by atomic mass is 31.2. The van der Waals surface area contributed by atoms with Crippen molar-refractivity contribution >= 4 is 39.5 Å². The largest absolute Gasteiger partial charge is 0.472 e. The molecule has 0 aliphatic rings. The van der Waals surface area contributed by atoms with E-state index in [0.29, 0.717) is 25.7 Å². The first kappa shape index (κ1) is 88.1. The van der Waals surface area contributed by atoms with Gasteiger partial charge in [0, 0.05) is 25.7 Å². The second-order valence-electron chi connectivity index (χ2n) is 26.1. The lowest BCUT2D eigenvalue weighted by Gasteiger charge is -2.21. The van der Waals surface area contributed by atoms with Gasteiger partial charge in [-0.05, 0) is 31.6 Å². The fourth-order valence-electron chi connectivity index (χ4n) is 10.8. The Bertz CT molecular complexity index is 1740. The van der Waals surface area contributed by atoms with Crippen LogP contribution in [0.3, 0.4) is 0 Å². The second kappa shape index (κ2) is 64.4. The maximum absolute atomic E-state index is 13.0. The number of phosphoric acid groups is 2. The molecule has 2 unspecified atom stereocenters. The maximum Gasteiger partial charge on any atom is 0.472 e. The summed E-state index contributed by atoms with van der Waals surface area (Å²) in [5, 5.41) is 10.6. The molecule has 534 valence electrons. The lowest BCUT2D eigenvalue weighted by atomic mass is 10.0. The third-order valence-electron chi connectivity index (χ3n) is 16.5. The summed E-state index contributed by atoms with van der Waals surface area (Å²) in [6, 6.07) is 0. The van der Waals surface area contributed by atoms with Crippen molar-refractivity contribution < 1.29 is 80.2 Å². The lowest BCUT2D eigenvalue weighted by molar-refractivity contribution is -0.161. The summed E-state index contributed by atoms with van der Waals surface area (Å²) >= 11 is 0. The molecule has 0 saturated carbocycles. The topological polar surface area (TPSA) is 237 Å². The van der Waals surface area contributed by atoms with E-state index in [1.165, 1.54) is 186 Å². The van der Waals surface area contributed by atoms with Crippen LogP contribution in [0.4, 0.5) is 0 Å². The van der Waals surface area contributed by atoms with E-state index < -0.39 is 97.5 Å². The average Bonchev–Trinajstić information content (AvgIpc) is 3.65. The van der Waals surface area contributed by atoms with Crippen molar-refractivity contribution in [3.05, 3.63) is 0 Å². The molecule has 0 aromatic heterocycles. The molecule has 0 aromatic rings. The van der Waals surface area contributed by atoms with Gasteiger partial charge >= 0.3 is 39.5 Å². The van der Waals surface area contributed by atoms with Crippen LogP contribution in [0.1, 0.15) is 369 Å². The van der Waals surface area contributed by atoms with Gasteiger partial charge in [-0.2, -0.15) is 0 Å². The number of unbranched alkanes of at least 4 members (excludes halogenated alkanes) is 43. The number of rotatable bonds is 71. The molecule has 0 radical (unpaired) electrons. The lowest BCUT2D eigenvalue weighted by Crippen LogP contribution is -2.30. The van der Waals surface area contributed by atoms with Gasteiger partial charge < -0.3 is 33.8 Å². The van der Waals surface area contributed by atoms with Crippen molar-refractivity contribution in [2.75, 3.05) is 39.6 Å². The van der Waals surface area contributed by atoms with Gasteiger partial charge in [0.2, 0.25) is 0 Å². The molecule has 90 heavy (non-hydrogen) atoms. The molecule has 0 bridgehead atoms. The van der Waals surface area contributed by atoms with Gasteiger partial charge in [0.05, 0.1) is 26.4 Å². The predicted molar refractivity (Wildman–Crippen MR) is 363 cm³/mol. The molecule has 0 aromatic carbocycles. The van der Waals surface area contributed by atoms with Crippen LogP contribution in [0.2, 0.25) is 0 Å². The Labute approximate surface area is 549 Å². The van der Waals surface area contributed by atoms with E-state index in [1.54, 1.807) is 0 Å². The molecule has 0 rings (SSSR count). The number of hydrogen-bond donors (Lipinski definition) is 3. The summed E-state index contributed by atoms with van der Waals surface area (Å²) in [5.41, 5.74) is 0. The van der Waals surface area contributed by atoms with Gasteiger partial charge in [-0.25, -0.2) is 9.13 Å². The highest BCUT2D eigenvalue weighted by molar-refractivity contribution is 7.47. The monoisotopic (exact) mass is 1320 g/mol. The van der Waals surface area contributed by atoms with Gasteiger partial charge in [-0.3, -0.25) is 37.3 Å². The fourth-order valence-corrected chi connectivity index (χ4v) is 12.4. The van der Waals surface area contributed by atoms with Crippen LogP contribution < -0.4 is 0 Å². The molecule has 0 spiro atoms. The number of esters is 4. The van der Waals surface area contributed by atoms with Crippen LogP contribution >= 0.6 is 15.6 Å². The fraction of sp³-hybridized carbons (Fsp3) is 0.944. The number of aliphatic hydroxyl groups excluding tert-OH is 1. The third-order valence-corrected chi connectivity index (χ3v) is 18.4. The number of carbonyl (C=O) groups is 4. The van der Waals surface area contributed by atoms with E-state index >= 15 is 0 Å². The van der Waals surface area contributed by atoms with Crippen LogP contribution in [0.15, 0.2) is 0 Å². The summed E-state index contributed by atoms with van der Waals surface area (Å²) in [7, 11) is -9.89. The number of carbonyl (C=O) groups excluding carboxylic acids is 4. The normalized spacial score (nSPS) is 14.1. The van der Waals surface area contributed by atoms with E-state index in [4.69, 9.17) is 37.0 Å². The Morgan fingerprint density at radius 3 is 0.756 bits per heavy atom. The molecule has 0 amide bonds. The summed E-state index contributed by atoms with van der Waals surface area (Å²) in [6.45, 7) is 7.25. The highest BCUT2D eigenvalue weighted by Gasteiger charge is 2.30. The predicted octanol–water partition coefficient (Wildman–Crippen LogP) is 20.5. The number of ether oxygens (including phenoxy) is 4. The molecule has 0 aliphatic carbocycles. The molecule has 0 fully saturated rings. The van der Waals surface area contributed by atoms with E-state index in [-0.39, 0.29) is 25.7 Å². The summed E-state index contributed by atoms with van der Waals surface area (Å²) < 4.78 is 68.2. The molecule has 0 heterocycles. The highest BCUT2D eigenvalue weighted by Crippen LogP contribution is 2.45. The molecular weight excluding hydrogens is 1190 g/mol. The maximum atomic E-state index is 13.0. The molecule has 3 N–H and O–H groups in total. The number of phosphoric ester groups is 2. The van der Waals surface area contributed by atoms with Crippen molar-refractivity contribution in [2.45, 2.75) is 387 Å². The van der Waals surface area contributed by atoms with Crippen molar-refractivity contribution in [1.82, 2.24) is 0 Å². The van der Waals surface area contributed by atoms with Crippen molar-refractivity contribution in [2.24, 2.45) is 5.92 Å². The van der Waals surface area contributed by atoms with Crippen molar-refractivity contribution in [1.29, 1.82) is 0 Å². The smallest absolute Gasteiger partial charge is 0.462 e. The Morgan fingerprint density at radius 2 is 0.511 bits per heavy atom. The quantitative estimate of drug-likeness (QED) is 0.0222. The van der Waals surface area contributed by atoms with Gasteiger partial charge in [-0.1, -0.05) is 317 Å². The molecule has 0 aliphatic heterocycles. The van der Waals surface area contributed by atoms with E-state index in [9.17, 15) is 43.2 Å². The summed E-state index contributed by atoms with van der Waals surface area (Å²) in [5.74, 6) is -1.30. The SMILES string of the molecule is CCCCCCCCCCCCCC(=O)OC[C@H](COP(=O)(O)OC[C@@H](O)COP(=O)(O)OC[C@@H](COC(=O)CCCCCCCCCC)OC(=O)CCCCCCCCCCCC)OC(=O)CCCCCCCCCCCCCCCCCCCCC(C)C. The van der Waals surface area contributed by atoms with Gasteiger partial charge in [0.1, 0.15) is 19.3 Å². The van der Waals surface area contributed by atoms with E-state index in [0.717, 1.165) is 102 Å². The van der Waals surface area contributed by atoms with Crippen molar-refractivity contribution in [3.63, 3.8) is 0 Å². The van der Waals surface area contributed by atoms with Gasteiger partial charge in [0.25, 0.3) is 0 Å². The Balaban J connectivity index is 5.14.